The zero-order chi connectivity index (χ0) is 15.6. The van der Waals surface area contributed by atoms with Gasteiger partial charge in [0.15, 0.2) is 0 Å². The summed E-state index contributed by atoms with van der Waals surface area (Å²) in [6.07, 6.45) is 0. The molecular weight excluding hydrogens is 344 g/mol. The average molecular weight is 356 g/mol. The third-order valence-electron chi connectivity index (χ3n) is 4.19. The molecule has 0 aliphatic heterocycles. The number of benzene rings is 2. The lowest BCUT2D eigenvalue weighted by Crippen LogP contribution is -1.79. The summed E-state index contributed by atoms with van der Waals surface area (Å²) in [5.41, 5.74) is 1.93. The van der Waals surface area contributed by atoms with Crippen LogP contribution in [0.1, 0.15) is 11.1 Å². The van der Waals surface area contributed by atoms with Crippen molar-refractivity contribution in [1.82, 2.24) is 0 Å². The fourth-order valence-corrected chi connectivity index (χ4v) is 7.43. The fraction of sp³-hybridized carbons (Fsp3) is 0.111. The molecule has 0 bridgehead atoms. The zero-order valence-corrected chi connectivity index (χ0v) is 14.4. The van der Waals surface area contributed by atoms with Gasteiger partial charge in [0.1, 0.15) is 0 Å². The summed E-state index contributed by atoms with van der Waals surface area (Å²) >= 11 is 5.48. The Kier molecular flexibility index (Phi) is 3.02. The van der Waals surface area contributed by atoms with Gasteiger partial charge in [-0.2, -0.15) is 0 Å². The summed E-state index contributed by atoms with van der Waals surface area (Å²) in [6.45, 7) is 0.174. The molecule has 2 nitrogen and oxygen atoms in total. The normalized spacial score (nSPS) is 12.3. The van der Waals surface area contributed by atoms with E-state index in [0.29, 0.717) is 0 Å². The van der Waals surface area contributed by atoms with Crippen LogP contribution < -0.4 is 0 Å². The number of hydrogen-bond acceptors (Lipinski definition) is 5. The molecule has 3 aromatic heterocycles. The number of hydrogen-bond donors (Lipinski definition) is 2. The van der Waals surface area contributed by atoms with Crippen LogP contribution in [0, 0.1) is 0 Å². The van der Waals surface area contributed by atoms with Crippen LogP contribution in [0.15, 0.2) is 36.4 Å². The summed E-state index contributed by atoms with van der Waals surface area (Å²) in [6, 6.07) is 12.5. The lowest BCUT2D eigenvalue weighted by molar-refractivity contribution is 0.282. The Labute approximate surface area is 143 Å². The summed E-state index contributed by atoms with van der Waals surface area (Å²) in [5.74, 6) is 0. The van der Waals surface area contributed by atoms with Crippen molar-refractivity contribution in [2.24, 2.45) is 0 Å². The maximum Gasteiger partial charge on any atom is 0.0682 e. The molecule has 2 aromatic carbocycles. The van der Waals surface area contributed by atoms with E-state index in [1.165, 1.54) is 39.0 Å². The molecule has 23 heavy (non-hydrogen) atoms. The minimum absolute atomic E-state index is 0.0870. The van der Waals surface area contributed by atoms with Crippen LogP contribution in [0.2, 0.25) is 0 Å². The smallest absolute Gasteiger partial charge is 0.0682 e. The van der Waals surface area contributed by atoms with E-state index in [9.17, 15) is 10.2 Å². The first-order valence-corrected chi connectivity index (χ1v) is 9.74. The molecule has 3 heterocycles. The molecule has 0 atom stereocenters. The Bertz CT molecular complexity index is 1100. The van der Waals surface area contributed by atoms with Gasteiger partial charge in [-0.15, -0.1) is 34.0 Å². The van der Waals surface area contributed by atoms with Crippen molar-refractivity contribution in [3.8, 4) is 0 Å². The number of rotatable bonds is 2. The zero-order valence-electron chi connectivity index (χ0n) is 12.0. The number of thiophene rings is 3. The molecule has 0 saturated heterocycles. The summed E-state index contributed by atoms with van der Waals surface area (Å²) in [7, 11) is 0. The molecule has 5 heteroatoms. The van der Waals surface area contributed by atoms with E-state index in [1.54, 1.807) is 0 Å². The third kappa shape index (κ3) is 1.92. The summed E-state index contributed by atoms with van der Waals surface area (Å²) in [4.78, 5) is 0. The summed E-state index contributed by atoms with van der Waals surface area (Å²) < 4.78 is 7.89. The molecule has 0 saturated carbocycles. The van der Waals surface area contributed by atoms with Crippen molar-refractivity contribution >= 4 is 73.0 Å². The van der Waals surface area contributed by atoms with E-state index >= 15 is 0 Å². The topological polar surface area (TPSA) is 40.5 Å². The first-order valence-electron chi connectivity index (χ1n) is 7.29. The van der Waals surface area contributed by atoms with Gasteiger partial charge >= 0.3 is 0 Å². The van der Waals surface area contributed by atoms with Gasteiger partial charge in [-0.1, -0.05) is 24.3 Å². The molecule has 2 N–H and O–H groups in total. The second-order valence-corrected chi connectivity index (χ2v) is 8.72. The molecule has 0 radical (unpaired) electrons. The Hall–Kier alpha value is -1.50. The van der Waals surface area contributed by atoms with Crippen LogP contribution in [-0.4, -0.2) is 10.2 Å². The molecule has 0 amide bonds. The average Bonchev–Trinajstić information content (AvgIpc) is 3.21. The van der Waals surface area contributed by atoms with Crippen molar-refractivity contribution in [2.45, 2.75) is 13.2 Å². The van der Waals surface area contributed by atoms with Gasteiger partial charge in [0, 0.05) is 20.2 Å². The van der Waals surface area contributed by atoms with Crippen molar-refractivity contribution in [2.75, 3.05) is 0 Å². The number of aliphatic hydroxyl groups excluding tert-OH is 2. The number of aliphatic hydroxyl groups is 2. The maximum atomic E-state index is 9.33. The SMILES string of the molecule is OCc1ccc2c(c1)sc1c2sc2c3ccc(CO)cc3sc21. The maximum absolute atomic E-state index is 9.33. The predicted octanol–water partition coefficient (Wildman–Crippen LogP) is 5.47. The second kappa shape index (κ2) is 5.00. The largest absolute Gasteiger partial charge is 0.392 e. The Morgan fingerprint density at radius 1 is 0.609 bits per heavy atom. The van der Waals surface area contributed by atoms with E-state index in [0.717, 1.165) is 11.1 Å². The molecular formula is C18H12O2S3. The third-order valence-corrected chi connectivity index (χ3v) is 8.18. The molecule has 5 aromatic rings. The van der Waals surface area contributed by atoms with Crippen LogP contribution in [-0.2, 0) is 13.2 Å². The standard InChI is InChI=1S/C18H12O2S3/c19-7-9-1-3-11-13(5-9)21-17-15(11)23-16-12-4-2-10(8-20)6-14(12)22-18(16)17/h1-6,19-20H,7-8H2. The molecule has 0 unspecified atom stereocenters. The van der Waals surface area contributed by atoms with Gasteiger partial charge in [0.2, 0.25) is 0 Å². The Morgan fingerprint density at radius 2 is 1.09 bits per heavy atom. The van der Waals surface area contributed by atoms with Crippen LogP contribution >= 0.6 is 34.0 Å². The minimum Gasteiger partial charge on any atom is -0.392 e. The monoisotopic (exact) mass is 356 g/mol. The highest BCUT2D eigenvalue weighted by Gasteiger charge is 2.16. The molecule has 5 rings (SSSR count). The van der Waals surface area contributed by atoms with Gasteiger partial charge in [0.05, 0.1) is 32.0 Å². The second-order valence-electron chi connectivity index (χ2n) is 5.60. The van der Waals surface area contributed by atoms with E-state index in [1.807, 2.05) is 46.1 Å². The first kappa shape index (κ1) is 13.9. The van der Waals surface area contributed by atoms with Crippen molar-refractivity contribution in [1.29, 1.82) is 0 Å². The van der Waals surface area contributed by atoms with Gasteiger partial charge < -0.3 is 10.2 Å². The van der Waals surface area contributed by atoms with Gasteiger partial charge in [-0.05, 0) is 23.3 Å². The van der Waals surface area contributed by atoms with Crippen LogP contribution in [0.4, 0.5) is 0 Å². The highest BCUT2D eigenvalue weighted by molar-refractivity contribution is 7.43. The van der Waals surface area contributed by atoms with Crippen molar-refractivity contribution in [3.63, 3.8) is 0 Å². The first-order chi connectivity index (χ1) is 11.3. The van der Waals surface area contributed by atoms with Gasteiger partial charge in [-0.3, -0.25) is 0 Å². The quantitative estimate of drug-likeness (QED) is 0.440. The highest BCUT2D eigenvalue weighted by atomic mass is 32.1. The number of fused-ring (bicyclic) bond motifs is 7. The summed E-state index contributed by atoms with van der Waals surface area (Å²) in [5, 5.41) is 21.2. The fourth-order valence-electron chi connectivity index (χ4n) is 3.04. The van der Waals surface area contributed by atoms with E-state index < -0.39 is 0 Å². The van der Waals surface area contributed by atoms with E-state index in [4.69, 9.17) is 0 Å². The van der Waals surface area contributed by atoms with Crippen LogP contribution in [0.3, 0.4) is 0 Å². The lowest BCUT2D eigenvalue weighted by Gasteiger charge is -1.96. The Balaban J connectivity index is 1.88. The molecule has 0 aliphatic rings. The highest BCUT2D eigenvalue weighted by Crippen LogP contribution is 2.50. The van der Waals surface area contributed by atoms with Gasteiger partial charge in [-0.25, -0.2) is 0 Å². The van der Waals surface area contributed by atoms with Gasteiger partial charge in [0.25, 0.3) is 0 Å². The molecule has 0 fully saturated rings. The lowest BCUT2D eigenvalue weighted by atomic mass is 10.2. The van der Waals surface area contributed by atoms with Crippen LogP contribution in [0.25, 0.3) is 39.0 Å². The van der Waals surface area contributed by atoms with Crippen molar-refractivity contribution in [3.05, 3.63) is 47.5 Å². The van der Waals surface area contributed by atoms with E-state index in [2.05, 4.69) is 24.3 Å². The molecule has 0 aliphatic carbocycles. The van der Waals surface area contributed by atoms with E-state index in [-0.39, 0.29) is 13.2 Å². The Morgan fingerprint density at radius 3 is 1.52 bits per heavy atom. The minimum atomic E-state index is 0.0870. The molecule has 114 valence electrons. The van der Waals surface area contributed by atoms with Crippen LogP contribution in [0.5, 0.6) is 0 Å². The molecule has 0 spiro atoms. The predicted molar refractivity (Wildman–Crippen MR) is 102 cm³/mol. The van der Waals surface area contributed by atoms with Crippen molar-refractivity contribution < 1.29 is 10.2 Å².